The summed E-state index contributed by atoms with van der Waals surface area (Å²) >= 11 is 1.20. The fourth-order valence-electron chi connectivity index (χ4n) is 2.58. The Bertz CT molecular complexity index is 1110. The molecule has 0 atom stereocenters. The van der Waals surface area contributed by atoms with Gasteiger partial charge in [0.15, 0.2) is 0 Å². The highest BCUT2D eigenvalue weighted by Crippen LogP contribution is 2.31. The predicted molar refractivity (Wildman–Crippen MR) is 106 cm³/mol. The van der Waals surface area contributed by atoms with E-state index in [9.17, 15) is 10.1 Å². The van der Waals surface area contributed by atoms with Crippen molar-refractivity contribution in [1.29, 1.82) is 0 Å². The van der Waals surface area contributed by atoms with E-state index in [1.807, 2.05) is 60.7 Å². The smallest absolute Gasteiger partial charge is 0.258 e. The van der Waals surface area contributed by atoms with Gasteiger partial charge in [0, 0.05) is 17.2 Å². The highest BCUT2D eigenvalue weighted by molar-refractivity contribution is 7.99. The number of hydrogen-bond acceptors (Lipinski definition) is 7. The van der Waals surface area contributed by atoms with Crippen LogP contribution in [0.1, 0.15) is 0 Å². The molecule has 4 aromatic rings. The number of nitro groups is 1. The van der Waals surface area contributed by atoms with E-state index >= 15 is 0 Å². The van der Waals surface area contributed by atoms with Crippen LogP contribution in [0.5, 0.6) is 0 Å². The van der Waals surface area contributed by atoms with Gasteiger partial charge >= 0.3 is 0 Å². The third kappa shape index (κ3) is 3.86. The minimum absolute atomic E-state index is 0.0622. The lowest BCUT2D eigenvalue weighted by Crippen LogP contribution is -1.99. The van der Waals surface area contributed by atoms with Crippen molar-refractivity contribution in [3.63, 3.8) is 0 Å². The number of hydrogen-bond donors (Lipinski definition) is 0. The molecule has 2 heterocycles. The molecule has 0 bridgehead atoms. The van der Waals surface area contributed by atoms with Crippen LogP contribution in [0.25, 0.3) is 22.5 Å². The van der Waals surface area contributed by atoms with Gasteiger partial charge in [-0.2, -0.15) is 0 Å². The zero-order chi connectivity index (χ0) is 19.3. The zero-order valence-electron chi connectivity index (χ0n) is 14.5. The van der Waals surface area contributed by atoms with Gasteiger partial charge in [-0.25, -0.2) is 9.97 Å². The third-order valence-corrected chi connectivity index (χ3v) is 4.70. The molecule has 0 unspecified atom stereocenters. The maximum Gasteiger partial charge on any atom is 0.287 e. The van der Waals surface area contributed by atoms with Gasteiger partial charge in [-0.1, -0.05) is 60.7 Å². The number of benzene rings is 2. The highest BCUT2D eigenvalue weighted by atomic mass is 32.2. The number of nitrogens with zero attached hydrogens (tertiary/aromatic N) is 5. The SMILES string of the molecule is O=[N+]([O-])c1ccc(Sc2nnc(-c3ccccc3)c(-c3ccccc3)n2)nc1. The molecule has 4 rings (SSSR count). The van der Waals surface area contributed by atoms with E-state index in [2.05, 4.69) is 20.2 Å². The quantitative estimate of drug-likeness (QED) is 0.363. The second-order valence-corrected chi connectivity index (χ2v) is 6.72. The van der Waals surface area contributed by atoms with E-state index in [1.54, 1.807) is 6.07 Å². The molecular weight excluding hydrogens is 374 g/mol. The molecular formula is C20H13N5O2S. The summed E-state index contributed by atoms with van der Waals surface area (Å²) < 4.78 is 0. The van der Waals surface area contributed by atoms with Gasteiger partial charge in [-0.05, 0) is 17.8 Å². The molecule has 7 nitrogen and oxygen atoms in total. The van der Waals surface area contributed by atoms with Gasteiger partial charge in [0.25, 0.3) is 5.69 Å². The van der Waals surface area contributed by atoms with Crippen molar-refractivity contribution in [3.05, 3.63) is 89.1 Å². The molecule has 0 aliphatic rings. The lowest BCUT2D eigenvalue weighted by molar-refractivity contribution is -0.385. The van der Waals surface area contributed by atoms with E-state index in [4.69, 9.17) is 0 Å². The summed E-state index contributed by atoms with van der Waals surface area (Å²) in [6, 6.07) is 22.5. The summed E-state index contributed by atoms with van der Waals surface area (Å²) in [6.45, 7) is 0. The van der Waals surface area contributed by atoms with Gasteiger partial charge in [0.1, 0.15) is 22.6 Å². The molecule has 0 saturated carbocycles. The first-order valence-electron chi connectivity index (χ1n) is 8.34. The summed E-state index contributed by atoms with van der Waals surface area (Å²) in [7, 11) is 0. The number of rotatable bonds is 5. The van der Waals surface area contributed by atoms with Crippen molar-refractivity contribution in [2.75, 3.05) is 0 Å². The second kappa shape index (κ2) is 7.93. The van der Waals surface area contributed by atoms with Crippen molar-refractivity contribution >= 4 is 17.4 Å². The first-order chi connectivity index (χ1) is 13.7. The van der Waals surface area contributed by atoms with E-state index in [0.717, 1.165) is 11.1 Å². The van der Waals surface area contributed by atoms with Crippen molar-refractivity contribution < 1.29 is 4.92 Å². The van der Waals surface area contributed by atoms with E-state index in [0.29, 0.717) is 21.6 Å². The molecule has 0 radical (unpaired) electrons. The van der Waals surface area contributed by atoms with Crippen LogP contribution < -0.4 is 0 Å². The maximum absolute atomic E-state index is 10.8. The Labute approximate surface area is 164 Å². The fourth-order valence-corrected chi connectivity index (χ4v) is 3.22. The molecule has 8 heteroatoms. The average Bonchev–Trinajstić information content (AvgIpc) is 2.75. The Morgan fingerprint density at radius 3 is 2.00 bits per heavy atom. The Morgan fingerprint density at radius 2 is 1.43 bits per heavy atom. The number of aromatic nitrogens is 4. The Kier molecular flexibility index (Phi) is 5.03. The van der Waals surface area contributed by atoms with E-state index in [1.165, 1.54) is 24.0 Å². The Hall–Kier alpha value is -3.65. The molecule has 2 aromatic heterocycles. The summed E-state index contributed by atoms with van der Waals surface area (Å²) in [4.78, 5) is 19.1. The van der Waals surface area contributed by atoms with E-state index < -0.39 is 4.92 Å². The normalized spacial score (nSPS) is 10.6. The summed E-state index contributed by atoms with van der Waals surface area (Å²) in [5.74, 6) is 0. The van der Waals surface area contributed by atoms with Crippen molar-refractivity contribution in [2.45, 2.75) is 10.2 Å². The summed E-state index contributed by atoms with van der Waals surface area (Å²) in [5, 5.41) is 20.4. The van der Waals surface area contributed by atoms with E-state index in [-0.39, 0.29) is 5.69 Å². The zero-order valence-corrected chi connectivity index (χ0v) is 15.3. The van der Waals surface area contributed by atoms with Crippen molar-refractivity contribution in [3.8, 4) is 22.5 Å². The van der Waals surface area contributed by atoms with Crippen LogP contribution in [0.4, 0.5) is 5.69 Å². The van der Waals surface area contributed by atoms with Crippen LogP contribution in [-0.4, -0.2) is 25.1 Å². The minimum Gasteiger partial charge on any atom is -0.258 e. The third-order valence-electron chi connectivity index (χ3n) is 3.89. The van der Waals surface area contributed by atoms with Gasteiger partial charge < -0.3 is 0 Å². The molecule has 0 N–H and O–H groups in total. The summed E-state index contributed by atoms with van der Waals surface area (Å²) in [6.07, 6.45) is 1.21. The second-order valence-electron chi connectivity index (χ2n) is 5.74. The van der Waals surface area contributed by atoms with Crippen LogP contribution in [-0.2, 0) is 0 Å². The first-order valence-corrected chi connectivity index (χ1v) is 9.16. The molecule has 0 spiro atoms. The highest BCUT2D eigenvalue weighted by Gasteiger charge is 2.15. The van der Waals surface area contributed by atoms with Gasteiger partial charge in [-0.3, -0.25) is 10.1 Å². The Morgan fingerprint density at radius 1 is 0.786 bits per heavy atom. The van der Waals surface area contributed by atoms with Crippen LogP contribution in [0.15, 0.2) is 89.2 Å². The fraction of sp³-hybridized carbons (Fsp3) is 0. The molecule has 0 aliphatic carbocycles. The van der Waals surface area contributed by atoms with Gasteiger partial charge in [0.2, 0.25) is 5.16 Å². The monoisotopic (exact) mass is 387 g/mol. The molecule has 28 heavy (non-hydrogen) atoms. The molecule has 0 fully saturated rings. The number of pyridine rings is 1. The lowest BCUT2D eigenvalue weighted by Gasteiger charge is -2.09. The first kappa shape index (κ1) is 17.7. The largest absolute Gasteiger partial charge is 0.287 e. The maximum atomic E-state index is 10.8. The van der Waals surface area contributed by atoms with Crippen LogP contribution in [0.2, 0.25) is 0 Å². The molecule has 136 valence electrons. The van der Waals surface area contributed by atoms with Crippen molar-refractivity contribution in [2.24, 2.45) is 0 Å². The van der Waals surface area contributed by atoms with Crippen LogP contribution in [0.3, 0.4) is 0 Å². The molecule has 0 aliphatic heterocycles. The Balaban J connectivity index is 1.73. The van der Waals surface area contributed by atoms with Crippen LogP contribution >= 0.6 is 11.8 Å². The lowest BCUT2D eigenvalue weighted by atomic mass is 10.0. The molecule has 0 amide bonds. The van der Waals surface area contributed by atoms with Crippen molar-refractivity contribution in [1.82, 2.24) is 20.2 Å². The topological polar surface area (TPSA) is 94.7 Å². The predicted octanol–water partition coefficient (Wildman–Crippen LogP) is 4.66. The average molecular weight is 387 g/mol. The molecule has 2 aromatic carbocycles. The standard InChI is InChI=1S/C20H13N5O2S/c26-25(27)16-11-12-17(21-13-16)28-20-22-18(14-7-3-1-4-8-14)19(23-24-20)15-9-5-2-6-10-15/h1-13H. The summed E-state index contributed by atoms with van der Waals surface area (Å²) in [5.41, 5.74) is 3.19. The van der Waals surface area contributed by atoms with Gasteiger partial charge in [0.05, 0.1) is 4.92 Å². The minimum atomic E-state index is -0.484. The van der Waals surface area contributed by atoms with Crippen LogP contribution in [0, 0.1) is 10.1 Å². The molecule has 0 saturated heterocycles. The van der Waals surface area contributed by atoms with Gasteiger partial charge in [-0.15, -0.1) is 10.2 Å².